The predicted molar refractivity (Wildman–Crippen MR) is 70.7 cm³/mol. The van der Waals surface area contributed by atoms with E-state index in [0.717, 1.165) is 19.3 Å². The van der Waals surface area contributed by atoms with Crippen molar-refractivity contribution in [3.63, 3.8) is 0 Å². The molecule has 0 heterocycles. The van der Waals surface area contributed by atoms with Crippen LogP contribution in [0.3, 0.4) is 0 Å². The Morgan fingerprint density at radius 2 is 2.12 bits per heavy atom. The molecular formula is C15H26O2. The summed E-state index contributed by atoms with van der Waals surface area (Å²) in [5, 5.41) is 0. The largest absolute Gasteiger partial charge is 0.461 e. The minimum absolute atomic E-state index is 0.00486. The van der Waals surface area contributed by atoms with Crippen molar-refractivity contribution in [1.29, 1.82) is 0 Å². The number of hydrogen-bond acceptors (Lipinski definition) is 2. The van der Waals surface area contributed by atoms with Crippen LogP contribution in [0.2, 0.25) is 0 Å². The maximum atomic E-state index is 12.0. The molecule has 0 aromatic carbocycles. The third-order valence-electron chi connectivity index (χ3n) is 3.73. The monoisotopic (exact) mass is 238 g/mol. The molecule has 17 heavy (non-hydrogen) atoms. The summed E-state index contributed by atoms with van der Waals surface area (Å²) < 4.78 is 5.25. The van der Waals surface area contributed by atoms with Crippen LogP contribution in [0.15, 0.2) is 12.7 Å². The second kappa shape index (κ2) is 8.32. The highest BCUT2D eigenvalue weighted by molar-refractivity contribution is 5.72. The molecule has 1 fully saturated rings. The van der Waals surface area contributed by atoms with E-state index in [9.17, 15) is 4.79 Å². The van der Waals surface area contributed by atoms with Crippen LogP contribution in [0, 0.1) is 11.8 Å². The lowest BCUT2D eigenvalue weighted by molar-refractivity contribution is -0.150. The highest BCUT2D eigenvalue weighted by atomic mass is 16.5. The molecule has 1 aliphatic rings. The summed E-state index contributed by atoms with van der Waals surface area (Å²) in [6, 6.07) is 0. The van der Waals surface area contributed by atoms with E-state index in [0.29, 0.717) is 12.5 Å². The Morgan fingerprint density at radius 1 is 1.41 bits per heavy atom. The van der Waals surface area contributed by atoms with E-state index in [-0.39, 0.29) is 11.9 Å². The average molecular weight is 238 g/mol. The number of hydrogen-bond donors (Lipinski definition) is 0. The van der Waals surface area contributed by atoms with Crippen LogP contribution in [0.5, 0.6) is 0 Å². The molecule has 0 N–H and O–H groups in total. The van der Waals surface area contributed by atoms with Gasteiger partial charge in [0.25, 0.3) is 0 Å². The zero-order valence-corrected chi connectivity index (χ0v) is 11.1. The quantitative estimate of drug-likeness (QED) is 0.493. The van der Waals surface area contributed by atoms with Gasteiger partial charge in [-0.1, -0.05) is 51.7 Å². The van der Waals surface area contributed by atoms with Gasteiger partial charge in [0, 0.05) is 0 Å². The number of esters is 1. The van der Waals surface area contributed by atoms with E-state index >= 15 is 0 Å². The number of carbonyl (C=O) groups is 1. The topological polar surface area (TPSA) is 26.3 Å². The van der Waals surface area contributed by atoms with Crippen LogP contribution < -0.4 is 0 Å². The highest BCUT2D eigenvalue weighted by Crippen LogP contribution is 2.33. The van der Waals surface area contributed by atoms with Gasteiger partial charge in [0.2, 0.25) is 0 Å². The van der Waals surface area contributed by atoms with Gasteiger partial charge in [0.1, 0.15) is 6.61 Å². The molecule has 98 valence electrons. The van der Waals surface area contributed by atoms with Crippen LogP contribution in [0.1, 0.15) is 58.3 Å². The molecule has 1 aliphatic carbocycles. The molecule has 2 heteroatoms. The van der Waals surface area contributed by atoms with Crippen molar-refractivity contribution in [1.82, 2.24) is 0 Å². The molecule has 0 aromatic heterocycles. The highest BCUT2D eigenvalue weighted by Gasteiger charge is 2.29. The Morgan fingerprint density at radius 3 is 2.71 bits per heavy atom. The maximum absolute atomic E-state index is 12.0. The van der Waals surface area contributed by atoms with Gasteiger partial charge < -0.3 is 4.74 Å². The zero-order chi connectivity index (χ0) is 12.5. The van der Waals surface area contributed by atoms with Gasteiger partial charge >= 0.3 is 5.97 Å². The second-order valence-corrected chi connectivity index (χ2v) is 5.07. The summed E-state index contributed by atoms with van der Waals surface area (Å²) in [6.45, 7) is 6.12. The van der Waals surface area contributed by atoms with Crippen molar-refractivity contribution in [3.8, 4) is 0 Å². The fourth-order valence-corrected chi connectivity index (χ4v) is 2.75. The van der Waals surface area contributed by atoms with Gasteiger partial charge in [-0.2, -0.15) is 0 Å². The van der Waals surface area contributed by atoms with Crippen molar-refractivity contribution in [3.05, 3.63) is 12.7 Å². The smallest absolute Gasteiger partial charge is 0.309 e. The number of unbranched alkanes of at least 4 members (excludes halogenated alkanes) is 1. The van der Waals surface area contributed by atoms with Crippen LogP contribution in [-0.4, -0.2) is 12.6 Å². The van der Waals surface area contributed by atoms with Crippen LogP contribution in [-0.2, 0) is 9.53 Å². The number of ether oxygens (including phenoxy) is 1. The molecule has 1 atom stereocenters. The number of rotatable bonds is 7. The number of carbonyl (C=O) groups excluding carboxylic acids is 1. The Labute approximate surface area is 105 Å². The van der Waals surface area contributed by atoms with Gasteiger partial charge in [0.05, 0.1) is 5.92 Å². The first-order valence-electron chi connectivity index (χ1n) is 7.07. The summed E-state index contributed by atoms with van der Waals surface area (Å²) in [6.07, 6.45) is 11.2. The van der Waals surface area contributed by atoms with Crippen LogP contribution in [0.25, 0.3) is 0 Å². The summed E-state index contributed by atoms with van der Waals surface area (Å²) in [7, 11) is 0. The molecule has 0 aromatic rings. The molecular weight excluding hydrogens is 212 g/mol. The van der Waals surface area contributed by atoms with E-state index in [1.807, 2.05) is 0 Å². The van der Waals surface area contributed by atoms with Crippen LogP contribution in [0.4, 0.5) is 0 Å². The SMILES string of the molecule is C=CCOC(=O)C(CCCC)C1CCCCC1. The minimum Gasteiger partial charge on any atom is -0.461 e. The van der Waals surface area contributed by atoms with Crippen molar-refractivity contribution in [2.45, 2.75) is 58.3 Å². The molecule has 2 nitrogen and oxygen atoms in total. The maximum Gasteiger partial charge on any atom is 0.309 e. The average Bonchev–Trinajstić information content (AvgIpc) is 2.38. The van der Waals surface area contributed by atoms with Gasteiger partial charge in [-0.25, -0.2) is 0 Å². The second-order valence-electron chi connectivity index (χ2n) is 5.07. The Hall–Kier alpha value is -0.790. The van der Waals surface area contributed by atoms with Crippen molar-refractivity contribution < 1.29 is 9.53 Å². The molecule has 0 bridgehead atoms. The Bertz CT molecular complexity index is 229. The lowest BCUT2D eigenvalue weighted by atomic mass is 9.78. The van der Waals surface area contributed by atoms with Crippen LogP contribution >= 0.6 is 0 Å². The molecule has 1 unspecified atom stereocenters. The van der Waals surface area contributed by atoms with E-state index in [4.69, 9.17) is 4.74 Å². The molecule has 1 saturated carbocycles. The summed E-state index contributed by atoms with van der Waals surface area (Å²) in [5.41, 5.74) is 0. The lowest BCUT2D eigenvalue weighted by Gasteiger charge is -2.28. The summed E-state index contributed by atoms with van der Waals surface area (Å²) in [4.78, 5) is 12.0. The first-order chi connectivity index (χ1) is 8.29. The van der Waals surface area contributed by atoms with Gasteiger partial charge in [-0.05, 0) is 25.2 Å². The lowest BCUT2D eigenvalue weighted by Crippen LogP contribution is -2.27. The minimum atomic E-state index is 0.00486. The van der Waals surface area contributed by atoms with E-state index in [2.05, 4.69) is 13.5 Å². The standard InChI is InChI=1S/C15H26O2/c1-3-5-11-14(15(16)17-12-4-2)13-9-7-6-8-10-13/h4,13-14H,2-3,5-12H2,1H3. The summed E-state index contributed by atoms with van der Waals surface area (Å²) >= 11 is 0. The van der Waals surface area contributed by atoms with Gasteiger partial charge in [-0.3, -0.25) is 4.79 Å². The first-order valence-corrected chi connectivity index (χ1v) is 7.07. The zero-order valence-electron chi connectivity index (χ0n) is 11.1. The van der Waals surface area contributed by atoms with Crippen molar-refractivity contribution >= 4 is 5.97 Å². The Balaban J connectivity index is 2.50. The van der Waals surface area contributed by atoms with E-state index < -0.39 is 0 Å². The fourth-order valence-electron chi connectivity index (χ4n) is 2.75. The first kappa shape index (κ1) is 14.3. The van der Waals surface area contributed by atoms with Gasteiger partial charge in [0.15, 0.2) is 0 Å². The third kappa shape index (κ3) is 4.93. The van der Waals surface area contributed by atoms with E-state index in [1.165, 1.54) is 32.1 Å². The van der Waals surface area contributed by atoms with Gasteiger partial charge in [-0.15, -0.1) is 0 Å². The van der Waals surface area contributed by atoms with Crippen molar-refractivity contribution in [2.75, 3.05) is 6.61 Å². The summed E-state index contributed by atoms with van der Waals surface area (Å²) in [5.74, 6) is 0.702. The molecule has 0 spiro atoms. The molecule has 0 aliphatic heterocycles. The molecule has 1 rings (SSSR count). The normalized spacial score (nSPS) is 18.6. The third-order valence-corrected chi connectivity index (χ3v) is 3.73. The molecule has 0 amide bonds. The fraction of sp³-hybridized carbons (Fsp3) is 0.800. The van der Waals surface area contributed by atoms with E-state index in [1.54, 1.807) is 6.08 Å². The van der Waals surface area contributed by atoms with Crippen molar-refractivity contribution in [2.24, 2.45) is 11.8 Å². The Kier molecular flexibility index (Phi) is 6.99. The predicted octanol–water partition coefficient (Wildman–Crippen LogP) is 4.10. The molecule has 0 saturated heterocycles. The molecule has 0 radical (unpaired) electrons.